The number of unbranched alkanes of at least 4 members (excludes halogenated alkanes) is 1. The first kappa shape index (κ1) is 19.1. The quantitative estimate of drug-likeness (QED) is 0.566. The highest BCUT2D eigenvalue weighted by Crippen LogP contribution is 2.15. The number of ether oxygens (including phenoxy) is 1. The highest BCUT2D eigenvalue weighted by Gasteiger charge is 2.10. The van der Waals surface area contributed by atoms with Crippen LogP contribution in [0.4, 0.5) is 5.82 Å². The number of pyridine rings is 1. The van der Waals surface area contributed by atoms with Crippen molar-refractivity contribution in [2.75, 3.05) is 19.0 Å². The van der Waals surface area contributed by atoms with Crippen LogP contribution in [-0.2, 0) is 24.2 Å². The fourth-order valence-electron chi connectivity index (χ4n) is 3.18. The number of hydrogen-bond acceptors (Lipinski definition) is 5. The summed E-state index contributed by atoms with van der Waals surface area (Å²) in [5.41, 5.74) is 4.77. The monoisotopic (exact) mass is 369 g/mol. The summed E-state index contributed by atoms with van der Waals surface area (Å²) in [7, 11) is 1.68. The Morgan fingerprint density at radius 1 is 1.26 bits per heavy atom. The van der Waals surface area contributed by atoms with Crippen LogP contribution in [0.3, 0.4) is 0 Å². The van der Waals surface area contributed by atoms with Crippen LogP contribution >= 0.6 is 0 Å². The van der Waals surface area contributed by atoms with E-state index in [-0.39, 0.29) is 5.56 Å². The van der Waals surface area contributed by atoms with Crippen LogP contribution in [0.25, 0.3) is 11.0 Å². The number of anilines is 1. The van der Waals surface area contributed by atoms with Gasteiger partial charge in [-0.15, -0.1) is 5.10 Å². The van der Waals surface area contributed by atoms with Gasteiger partial charge in [0.1, 0.15) is 11.3 Å². The first-order valence-corrected chi connectivity index (χ1v) is 9.40. The Morgan fingerprint density at radius 2 is 2.11 bits per heavy atom. The molecule has 3 rings (SSSR count). The van der Waals surface area contributed by atoms with Gasteiger partial charge in [0.2, 0.25) is 0 Å². The molecule has 0 aliphatic carbocycles. The Hall–Kier alpha value is -2.67. The Balaban J connectivity index is 1.72. The largest absolute Gasteiger partial charge is 0.385 e. The summed E-state index contributed by atoms with van der Waals surface area (Å²) >= 11 is 0. The summed E-state index contributed by atoms with van der Waals surface area (Å²) in [6, 6.07) is 8.28. The van der Waals surface area contributed by atoms with Gasteiger partial charge in [0.05, 0.1) is 0 Å². The van der Waals surface area contributed by atoms with Crippen molar-refractivity contribution in [3.8, 4) is 0 Å². The molecule has 1 aromatic carbocycles. The van der Waals surface area contributed by atoms with Crippen LogP contribution in [0.5, 0.6) is 0 Å². The van der Waals surface area contributed by atoms with E-state index in [4.69, 9.17) is 4.74 Å². The third-order valence-electron chi connectivity index (χ3n) is 4.75. The second-order valence-corrected chi connectivity index (χ2v) is 6.73. The first-order chi connectivity index (χ1) is 13.1. The predicted octanol–water partition coefficient (Wildman–Crippen LogP) is 3.03. The Bertz CT molecular complexity index is 961. The lowest BCUT2D eigenvalue weighted by atomic mass is 10.0. The molecule has 3 aromatic rings. The van der Waals surface area contributed by atoms with Gasteiger partial charge in [-0.05, 0) is 42.9 Å². The van der Waals surface area contributed by atoms with Crippen LogP contribution in [0.15, 0.2) is 29.1 Å². The smallest absolute Gasteiger partial charge is 0.277 e. The average molecular weight is 369 g/mol. The molecular weight excluding hydrogens is 342 g/mol. The van der Waals surface area contributed by atoms with E-state index < -0.39 is 0 Å². The van der Waals surface area contributed by atoms with Gasteiger partial charge in [0.15, 0.2) is 5.52 Å². The Morgan fingerprint density at radius 3 is 2.89 bits per heavy atom. The first-order valence-electron chi connectivity index (χ1n) is 9.40. The third-order valence-corrected chi connectivity index (χ3v) is 4.75. The summed E-state index contributed by atoms with van der Waals surface area (Å²) in [4.78, 5) is 15.4. The molecule has 2 N–H and O–H groups in total. The lowest BCUT2D eigenvalue weighted by Gasteiger charge is -2.09. The minimum Gasteiger partial charge on any atom is -0.385 e. The van der Waals surface area contributed by atoms with Crippen molar-refractivity contribution in [2.45, 2.75) is 46.2 Å². The van der Waals surface area contributed by atoms with Gasteiger partial charge < -0.3 is 15.0 Å². The molecule has 0 saturated carbocycles. The van der Waals surface area contributed by atoms with E-state index >= 15 is 0 Å². The normalized spacial score (nSPS) is 11.2. The van der Waals surface area contributed by atoms with Gasteiger partial charge in [0, 0.05) is 32.9 Å². The number of hydrogen-bond donors (Lipinski definition) is 2. The summed E-state index contributed by atoms with van der Waals surface area (Å²) < 4.78 is 6.72. The van der Waals surface area contributed by atoms with Gasteiger partial charge in [0.25, 0.3) is 5.56 Å². The maximum absolute atomic E-state index is 12.5. The number of nitrogens with zero attached hydrogens (tertiary/aromatic N) is 3. The number of aromatic amines is 1. The SMILES string of the molecule is CCc1cc(CNc2cc3nnn(CCCCOC)c3c(=O)[nH]2)ccc1C. The van der Waals surface area contributed by atoms with Crippen LogP contribution in [-0.4, -0.2) is 33.7 Å². The minimum atomic E-state index is -0.176. The van der Waals surface area contributed by atoms with Crippen molar-refractivity contribution in [3.63, 3.8) is 0 Å². The van der Waals surface area contributed by atoms with Crippen LogP contribution in [0.2, 0.25) is 0 Å². The van der Waals surface area contributed by atoms with Crippen molar-refractivity contribution < 1.29 is 4.74 Å². The highest BCUT2D eigenvalue weighted by atomic mass is 16.5. The molecule has 144 valence electrons. The molecule has 0 radical (unpaired) electrons. The molecule has 0 unspecified atom stereocenters. The molecule has 7 nitrogen and oxygen atoms in total. The molecule has 0 fully saturated rings. The standard InChI is InChI=1S/C20H27N5O2/c1-4-16-11-15(8-7-14(16)2)13-21-18-12-17-19(20(26)22-18)25(24-23-17)9-5-6-10-27-3/h7-8,11-12H,4-6,9-10,13H2,1-3H3,(H2,21,22,26). The fourth-order valence-corrected chi connectivity index (χ4v) is 3.18. The van der Waals surface area contributed by atoms with Crippen LogP contribution < -0.4 is 10.9 Å². The van der Waals surface area contributed by atoms with Crippen LogP contribution in [0.1, 0.15) is 36.5 Å². The second-order valence-electron chi connectivity index (χ2n) is 6.73. The number of rotatable bonds is 9. The number of aryl methyl sites for hydroxylation is 3. The number of fused-ring (bicyclic) bond motifs is 1. The number of benzene rings is 1. The molecule has 2 heterocycles. The lowest BCUT2D eigenvalue weighted by molar-refractivity contribution is 0.191. The van der Waals surface area contributed by atoms with E-state index in [2.05, 4.69) is 52.7 Å². The predicted molar refractivity (Wildman–Crippen MR) is 107 cm³/mol. The zero-order valence-corrected chi connectivity index (χ0v) is 16.2. The van der Waals surface area contributed by atoms with Crippen molar-refractivity contribution in [3.05, 3.63) is 51.3 Å². The van der Waals surface area contributed by atoms with Gasteiger partial charge in [-0.3, -0.25) is 4.79 Å². The highest BCUT2D eigenvalue weighted by molar-refractivity contribution is 5.76. The summed E-state index contributed by atoms with van der Waals surface area (Å²) in [5.74, 6) is 0.651. The van der Waals surface area contributed by atoms with Crippen molar-refractivity contribution in [1.29, 1.82) is 0 Å². The number of methoxy groups -OCH3 is 1. The van der Waals surface area contributed by atoms with Crippen molar-refractivity contribution in [1.82, 2.24) is 20.0 Å². The maximum Gasteiger partial charge on any atom is 0.277 e. The minimum absolute atomic E-state index is 0.176. The lowest BCUT2D eigenvalue weighted by Crippen LogP contribution is -2.15. The number of H-pyrrole nitrogens is 1. The fraction of sp³-hybridized carbons (Fsp3) is 0.450. The summed E-state index contributed by atoms with van der Waals surface area (Å²) in [5, 5.41) is 11.6. The molecule has 0 spiro atoms. The van der Waals surface area contributed by atoms with Gasteiger partial charge in [-0.2, -0.15) is 0 Å². The topological polar surface area (TPSA) is 84.8 Å². The molecule has 0 aliphatic rings. The van der Waals surface area contributed by atoms with Crippen molar-refractivity contribution in [2.24, 2.45) is 0 Å². The van der Waals surface area contributed by atoms with Crippen molar-refractivity contribution >= 4 is 16.9 Å². The molecule has 0 bridgehead atoms. The molecule has 7 heteroatoms. The number of nitrogens with one attached hydrogen (secondary N) is 2. The van der Waals surface area contributed by atoms with Crippen LogP contribution in [0, 0.1) is 6.92 Å². The van der Waals surface area contributed by atoms with Gasteiger partial charge in [-0.25, -0.2) is 4.68 Å². The van der Waals surface area contributed by atoms with E-state index in [1.54, 1.807) is 11.8 Å². The zero-order chi connectivity index (χ0) is 19.2. The number of aromatic nitrogens is 4. The van der Waals surface area contributed by atoms with E-state index in [1.807, 2.05) is 6.07 Å². The molecule has 0 saturated heterocycles. The zero-order valence-electron chi connectivity index (χ0n) is 16.2. The Kier molecular flexibility index (Phi) is 6.24. The summed E-state index contributed by atoms with van der Waals surface area (Å²) in [6.45, 7) is 6.28. The molecule has 0 amide bonds. The summed E-state index contributed by atoms with van der Waals surface area (Å²) in [6.07, 6.45) is 2.82. The third kappa shape index (κ3) is 4.54. The molecule has 27 heavy (non-hydrogen) atoms. The maximum atomic E-state index is 12.5. The second kappa shape index (κ2) is 8.81. The van der Waals surface area contributed by atoms with E-state index in [0.717, 1.165) is 19.3 Å². The van der Waals surface area contributed by atoms with Gasteiger partial charge in [-0.1, -0.05) is 30.3 Å². The average Bonchev–Trinajstić information content (AvgIpc) is 3.08. The van der Waals surface area contributed by atoms with Gasteiger partial charge >= 0.3 is 0 Å². The Labute approximate surface area is 158 Å². The van der Waals surface area contributed by atoms with E-state index in [9.17, 15) is 4.79 Å². The molecule has 0 aliphatic heterocycles. The van der Waals surface area contributed by atoms with E-state index in [0.29, 0.717) is 36.5 Å². The molecule has 0 atom stereocenters. The molecular formula is C20H27N5O2. The van der Waals surface area contributed by atoms with E-state index in [1.165, 1.54) is 16.7 Å². The molecule has 2 aromatic heterocycles.